The molecule has 2 aromatic heterocycles. The summed E-state index contributed by atoms with van der Waals surface area (Å²) >= 11 is 12.1. The van der Waals surface area contributed by atoms with Crippen LogP contribution in [0, 0.1) is 13.8 Å². The van der Waals surface area contributed by atoms with E-state index >= 15 is 0 Å². The number of furan rings is 1. The Hall–Kier alpha value is -3.02. The molecule has 0 aliphatic heterocycles. The highest BCUT2D eigenvalue weighted by atomic mass is 35.5. The fourth-order valence-electron chi connectivity index (χ4n) is 3.27. The van der Waals surface area contributed by atoms with E-state index in [1.54, 1.807) is 30.5 Å². The maximum Gasteiger partial charge on any atom is 0.307 e. The maximum absolute atomic E-state index is 12.3. The molecular formula is C22H17Cl2N3O2. The highest BCUT2D eigenvalue weighted by Gasteiger charge is 2.13. The Kier molecular flexibility index (Phi) is 5.18. The molecule has 4 rings (SSSR count). The average Bonchev–Trinajstić information content (AvgIpc) is 3.22. The molecule has 0 bridgehead atoms. The second kappa shape index (κ2) is 7.78. The quantitative estimate of drug-likeness (QED) is 0.326. The Morgan fingerprint density at radius 2 is 1.86 bits per heavy atom. The van der Waals surface area contributed by atoms with Crippen molar-refractivity contribution in [3.63, 3.8) is 0 Å². The van der Waals surface area contributed by atoms with Crippen LogP contribution in [-0.4, -0.2) is 16.7 Å². The molecule has 0 spiro atoms. The number of amides is 1. The minimum absolute atomic E-state index is 0.170. The summed E-state index contributed by atoms with van der Waals surface area (Å²) in [5.74, 6) is -0.263. The van der Waals surface area contributed by atoms with Crippen molar-refractivity contribution in [3.05, 3.63) is 87.4 Å². The Morgan fingerprint density at radius 3 is 2.66 bits per heavy atom. The summed E-state index contributed by atoms with van der Waals surface area (Å²) in [5.41, 5.74) is 6.97. The molecule has 0 aliphatic carbocycles. The standard InChI is InChI=1S/C22H17Cl2N3O2/c1-13-8-16(14(2)27(13)19-5-3-4-17(23)11-19)12-25-26-22(28)21-10-15-9-18(24)6-7-20(15)29-21/h3-12H,1-2H3,(H,26,28)/b25-12+. The van der Waals surface area contributed by atoms with Crippen LogP contribution >= 0.6 is 23.2 Å². The van der Waals surface area contributed by atoms with E-state index in [0.717, 1.165) is 28.0 Å². The number of carbonyl (C=O) groups excluding carboxylic acids is 1. The van der Waals surface area contributed by atoms with Gasteiger partial charge in [0, 0.05) is 38.1 Å². The number of carbonyl (C=O) groups is 1. The summed E-state index contributed by atoms with van der Waals surface area (Å²) in [4.78, 5) is 12.3. The molecule has 0 radical (unpaired) electrons. The summed E-state index contributed by atoms with van der Waals surface area (Å²) in [5, 5.41) is 6.10. The molecule has 4 aromatic rings. The van der Waals surface area contributed by atoms with Gasteiger partial charge in [0.25, 0.3) is 0 Å². The lowest BCUT2D eigenvalue weighted by Crippen LogP contribution is -2.16. The lowest BCUT2D eigenvalue weighted by molar-refractivity contribution is 0.0929. The van der Waals surface area contributed by atoms with Gasteiger partial charge in [0.15, 0.2) is 5.76 Å². The van der Waals surface area contributed by atoms with Crippen LogP contribution < -0.4 is 5.43 Å². The molecule has 0 aliphatic rings. The minimum Gasteiger partial charge on any atom is -0.451 e. The van der Waals surface area contributed by atoms with Crippen molar-refractivity contribution in [2.24, 2.45) is 5.10 Å². The van der Waals surface area contributed by atoms with Crippen molar-refractivity contribution in [2.75, 3.05) is 0 Å². The fraction of sp³-hybridized carbons (Fsp3) is 0.0909. The van der Waals surface area contributed by atoms with Crippen molar-refractivity contribution in [1.82, 2.24) is 9.99 Å². The van der Waals surface area contributed by atoms with Crippen molar-refractivity contribution < 1.29 is 9.21 Å². The number of benzene rings is 2. The van der Waals surface area contributed by atoms with Crippen LogP contribution in [0.3, 0.4) is 0 Å². The SMILES string of the molecule is Cc1cc(/C=N/NC(=O)c2cc3cc(Cl)ccc3o2)c(C)n1-c1cccc(Cl)c1. The molecule has 2 heterocycles. The van der Waals surface area contributed by atoms with Crippen LogP contribution in [-0.2, 0) is 0 Å². The molecule has 0 saturated heterocycles. The number of aryl methyl sites for hydroxylation is 1. The van der Waals surface area contributed by atoms with Crippen LogP contribution in [0.15, 0.2) is 64.1 Å². The fourth-order valence-corrected chi connectivity index (χ4v) is 3.64. The molecule has 146 valence electrons. The van der Waals surface area contributed by atoms with Gasteiger partial charge in [0.2, 0.25) is 0 Å². The molecule has 2 aromatic carbocycles. The van der Waals surface area contributed by atoms with Gasteiger partial charge < -0.3 is 8.98 Å². The zero-order chi connectivity index (χ0) is 20.5. The van der Waals surface area contributed by atoms with E-state index in [1.165, 1.54) is 0 Å². The Labute approximate surface area is 177 Å². The average molecular weight is 426 g/mol. The summed E-state index contributed by atoms with van der Waals surface area (Å²) in [6, 6.07) is 16.4. The number of hydrogen-bond acceptors (Lipinski definition) is 3. The third kappa shape index (κ3) is 3.92. The van der Waals surface area contributed by atoms with Gasteiger partial charge in [0.05, 0.1) is 6.21 Å². The molecular weight excluding hydrogens is 409 g/mol. The normalized spacial score (nSPS) is 11.4. The first-order valence-corrected chi connectivity index (χ1v) is 9.65. The number of nitrogens with one attached hydrogen (secondary N) is 1. The largest absolute Gasteiger partial charge is 0.451 e. The van der Waals surface area contributed by atoms with Crippen LogP contribution in [0.1, 0.15) is 27.5 Å². The highest BCUT2D eigenvalue weighted by Crippen LogP contribution is 2.24. The van der Waals surface area contributed by atoms with Gasteiger partial charge in [-0.1, -0.05) is 29.3 Å². The van der Waals surface area contributed by atoms with Gasteiger partial charge >= 0.3 is 5.91 Å². The molecule has 1 amide bonds. The first-order chi connectivity index (χ1) is 13.9. The minimum atomic E-state index is -0.433. The van der Waals surface area contributed by atoms with E-state index < -0.39 is 5.91 Å². The lowest BCUT2D eigenvalue weighted by Gasteiger charge is -2.09. The molecule has 0 fully saturated rings. The van der Waals surface area contributed by atoms with Crippen molar-refractivity contribution in [2.45, 2.75) is 13.8 Å². The topological polar surface area (TPSA) is 59.5 Å². The number of aromatic nitrogens is 1. The zero-order valence-electron chi connectivity index (χ0n) is 15.7. The number of rotatable bonds is 4. The van der Waals surface area contributed by atoms with E-state index in [4.69, 9.17) is 27.6 Å². The Bertz CT molecular complexity index is 1250. The predicted molar refractivity (Wildman–Crippen MR) is 117 cm³/mol. The van der Waals surface area contributed by atoms with Crippen molar-refractivity contribution in [1.29, 1.82) is 0 Å². The third-order valence-corrected chi connectivity index (χ3v) is 5.08. The number of halogens is 2. The molecule has 29 heavy (non-hydrogen) atoms. The second-order valence-corrected chi connectivity index (χ2v) is 7.51. The van der Waals surface area contributed by atoms with Crippen molar-refractivity contribution >= 4 is 46.3 Å². The molecule has 5 nitrogen and oxygen atoms in total. The van der Waals surface area contributed by atoms with Gasteiger partial charge in [-0.15, -0.1) is 0 Å². The predicted octanol–water partition coefficient (Wildman–Crippen LogP) is 5.91. The van der Waals surface area contributed by atoms with Crippen LogP contribution in [0.25, 0.3) is 16.7 Å². The van der Waals surface area contributed by atoms with Gasteiger partial charge in [-0.3, -0.25) is 4.79 Å². The zero-order valence-corrected chi connectivity index (χ0v) is 17.3. The maximum atomic E-state index is 12.3. The number of nitrogens with zero attached hydrogens (tertiary/aromatic N) is 2. The second-order valence-electron chi connectivity index (χ2n) is 6.63. The summed E-state index contributed by atoms with van der Waals surface area (Å²) in [6.45, 7) is 3.99. The van der Waals surface area contributed by atoms with Gasteiger partial charge in [-0.05, 0) is 62.4 Å². The molecule has 7 heteroatoms. The van der Waals surface area contributed by atoms with E-state index in [0.29, 0.717) is 15.6 Å². The van der Waals surface area contributed by atoms with Gasteiger partial charge in [-0.25, -0.2) is 5.43 Å². The summed E-state index contributed by atoms with van der Waals surface area (Å²) in [7, 11) is 0. The van der Waals surface area contributed by atoms with Crippen LogP contribution in [0.2, 0.25) is 10.0 Å². The van der Waals surface area contributed by atoms with E-state index in [1.807, 2.05) is 44.2 Å². The Balaban J connectivity index is 1.53. The van der Waals surface area contributed by atoms with E-state index in [2.05, 4.69) is 15.1 Å². The summed E-state index contributed by atoms with van der Waals surface area (Å²) in [6.07, 6.45) is 1.61. The molecule has 0 saturated carbocycles. The van der Waals surface area contributed by atoms with E-state index in [-0.39, 0.29) is 5.76 Å². The first-order valence-electron chi connectivity index (χ1n) is 8.90. The smallest absolute Gasteiger partial charge is 0.307 e. The van der Waals surface area contributed by atoms with Gasteiger partial charge in [-0.2, -0.15) is 5.10 Å². The number of hydrazone groups is 1. The highest BCUT2D eigenvalue weighted by molar-refractivity contribution is 6.31. The number of hydrogen-bond donors (Lipinski definition) is 1. The molecule has 0 atom stereocenters. The van der Waals surface area contributed by atoms with Gasteiger partial charge in [0.1, 0.15) is 5.58 Å². The van der Waals surface area contributed by atoms with Crippen molar-refractivity contribution in [3.8, 4) is 5.69 Å². The molecule has 0 unspecified atom stereocenters. The van der Waals surface area contributed by atoms with E-state index in [9.17, 15) is 4.79 Å². The van der Waals surface area contributed by atoms with Crippen LogP contribution in [0.4, 0.5) is 0 Å². The lowest BCUT2D eigenvalue weighted by atomic mass is 10.2. The third-order valence-electron chi connectivity index (χ3n) is 4.61. The van der Waals surface area contributed by atoms with Crippen LogP contribution in [0.5, 0.6) is 0 Å². The molecule has 1 N–H and O–H groups in total. The summed E-state index contributed by atoms with van der Waals surface area (Å²) < 4.78 is 7.62. The Morgan fingerprint density at radius 1 is 1.07 bits per heavy atom. The first kappa shape index (κ1) is 19.3. The monoisotopic (exact) mass is 425 g/mol. The number of fused-ring (bicyclic) bond motifs is 1.